The lowest BCUT2D eigenvalue weighted by Crippen LogP contribution is -1.96. The number of hydrogen-bond donors (Lipinski definition) is 0. The van der Waals surface area contributed by atoms with Crippen LogP contribution in [0.5, 0.6) is 0 Å². The summed E-state index contributed by atoms with van der Waals surface area (Å²) < 4.78 is 0. The van der Waals surface area contributed by atoms with E-state index in [1.807, 2.05) is 36.7 Å². The van der Waals surface area contributed by atoms with Crippen LogP contribution in [0.4, 0.5) is 0 Å². The molecule has 0 aliphatic rings. The molecule has 0 aliphatic heterocycles. The Morgan fingerprint density at radius 1 is 0.327 bits per heavy atom. The monoisotopic (exact) mass is 662 g/mol. The first kappa shape index (κ1) is 29.8. The second kappa shape index (κ2) is 12.4. The van der Waals surface area contributed by atoms with Crippen molar-refractivity contribution in [2.75, 3.05) is 0 Å². The zero-order valence-corrected chi connectivity index (χ0v) is 28.1. The van der Waals surface area contributed by atoms with Crippen LogP contribution in [0.15, 0.2) is 183 Å². The van der Waals surface area contributed by atoms with Gasteiger partial charge in [-0.05, 0) is 96.0 Å². The first-order valence-corrected chi connectivity index (χ1v) is 17.4. The molecule has 0 radical (unpaired) electrons. The van der Waals surface area contributed by atoms with E-state index >= 15 is 0 Å². The molecular weight excluding hydrogens is 633 g/mol. The van der Waals surface area contributed by atoms with Gasteiger partial charge in [0.15, 0.2) is 5.82 Å². The van der Waals surface area contributed by atoms with E-state index < -0.39 is 0 Å². The molecule has 0 spiro atoms. The van der Waals surface area contributed by atoms with E-state index in [0.29, 0.717) is 5.82 Å². The van der Waals surface area contributed by atoms with Gasteiger partial charge in [0.25, 0.3) is 0 Å². The van der Waals surface area contributed by atoms with Gasteiger partial charge in [0.1, 0.15) is 0 Å². The minimum Gasteiger partial charge on any atom is -0.264 e. The Hall–Kier alpha value is -7.04. The zero-order valence-electron chi connectivity index (χ0n) is 28.1. The predicted molar refractivity (Wildman–Crippen MR) is 214 cm³/mol. The van der Waals surface area contributed by atoms with Crippen molar-refractivity contribution in [3.63, 3.8) is 0 Å². The highest BCUT2D eigenvalue weighted by molar-refractivity contribution is 6.27. The topological polar surface area (TPSA) is 51.6 Å². The fraction of sp³-hybridized carbons (Fsp3) is 0. The molecule has 4 heteroatoms. The number of benzene rings is 7. The van der Waals surface area contributed by atoms with Crippen LogP contribution in [-0.2, 0) is 0 Å². The first-order valence-electron chi connectivity index (χ1n) is 17.4. The van der Waals surface area contributed by atoms with Crippen molar-refractivity contribution in [3.8, 4) is 67.3 Å². The second-order valence-corrected chi connectivity index (χ2v) is 13.1. The lowest BCUT2D eigenvalue weighted by atomic mass is 9.87. The Kier molecular flexibility index (Phi) is 7.10. The van der Waals surface area contributed by atoms with E-state index in [2.05, 4.69) is 143 Å². The summed E-state index contributed by atoms with van der Waals surface area (Å²) in [5, 5.41) is 7.60. The number of hydrogen-bond acceptors (Lipinski definition) is 4. The van der Waals surface area contributed by atoms with Crippen molar-refractivity contribution < 1.29 is 0 Å². The molecule has 0 aliphatic carbocycles. The Bertz CT molecular complexity index is 2870. The largest absolute Gasteiger partial charge is 0.264 e. The molecule has 7 aromatic carbocycles. The zero-order chi connectivity index (χ0) is 34.4. The third kappa shape index (κ3) is 5.17. The average Bonchev–Trinajstić information content (AvgIpc) is 3.23. The standard InChI is InChI=1S/C48H30N4/c1-2-7-32(8-3-1)40-21-17-34-20-24-43-41(22-18-35-19-23-42(40)46(34)47(35)43)36-9-4-10-37(27-36)48-51-44(28-45(52-48)39-12-6-26-50-30-39)33-15-13-31(14-16-33)38-11-5-25-49-29-38/h1-30H. The SMILES string of the molecule is c1ccc(-c2ccc3ccc4c(-c5cccc(-c6nc(-c7ccc(-c8cccnc8)cc7)cc(-c7cccnc7)n6)c5)ccc5ccc2c3c54)cc1. The van der Waals surface area contributed by atoms with Crippen molar-refractivity contribution >= 4 is 32.3 Å². The van der Waals surface area contributed by atoms with Crippen molar-refractivity contribution in [2.24, 2.45) is 0 Å². The van der Waals surface area contributed by atoms with Crippen molar-refractivity contribution in [1.82, 2.24) is 19.9 Å². The molecule has 52 heavy (non-hydrogen) atoms. The molecule has 0 unspecified atom stereocenters. The van der Waals surface area contributed by atoms with Gasteiger partial charge in [-0.15, -0.1) is 0 Å². The molecule has 4 nitrogen and oxygen atoms in total. The second-order valence-electron chi connectivity index (χ2n) is 13.1. The Balaban J connectivity index is 1.11. The summed E-state index contributed by atoms with van der Waals surface area (Å²) in [5.41, 5.74) is 11.6. The van der Waals surface area contributed by atoms with Gasteiger partial charge < -0.3 is 0 Å². The molecule has 0 atom stereocenters. The molecule has 10 aromatic rings. The molecule has 0 fully saturated rings. The number of nitrogens with zero attached hydrogens (tertiary/aromatic N) is 4. The lowest BCUT2D eigenvalue weighted by molar-refractivity contribution is 1.18. The van der Waals surface area contributed by atoms with Crippen LogP contribution in [0, 0.1) is 0 Å². The van der Waals surface area contributed by atoms with Crippen LogP contribution in [0.2, 0.25) is 0 Å². The van der Waals surface area contributed by atoms with Crippen molar-refractivity contribution in [1.29, 1.82) is 0 Å². The van der Waals surface area contributed by atoms with E-state index in [4.69, 9.17) is 9.97 Å². The predicted octanol–water partition coefficient (Wildman–Crippen LogP) is 12.2. The van der Waals surface area contributed by atoms with Gasteiger partial charge >= 0.3 is 0 Å². The van der Waals surface area contributed by atoms with E-state index in [1.165, 1.54) is 49.0 Å². The van der Waals surface area contributed by atoms with Crippen molar-refractivity contribution in [3.05, 3.63) is 183 Å². The molecule has 0 saturated carbocycles. The van der Waals surface area contributed by atoms with E-state index in [-0.39, 0.29) is 0 Å². The summed E-state index contributed by atoms with van der Waals surface area (Å²) >= 11 is 0. The Morgan fingerprint density at radius 3 is 1.52 bits per heavy atom. The maximum Gasteiger partial charge on any atom is 0.160 e. The third-order valence-electron chi connectivity index (χ3n) is 10.0. The summed E-state index contributed by atoms with van der Waals surface area (Å²) in [6.45, 7) is 0. The van der Waals surface area contributed by atoms with E-state index in [9.17, 15) is 0 Å². The Labute approximate surface area is 301 Å². The summed E-state index contributed by atoms with van der Waals surface area (Å²) in [6, 6.07) is 55.9. The van der Waals surface area contributed by atoms with Gasteiger partial charge in [0.05, 0.1) is 11.4 Å². The Morgan fingerprint density at radius 2 is 0.865 bits per heavy atom. The smallest absolute Gasteiger partial charge is 0.160 e. The summed E-state index contributed by atoms with van der Waals surface area (Å²) in [7, 11) is 0. The molecule has 242 valence electrons. The summed E-state index contributed by atoms with van der Waals surface area (Å²) in [4.78, 5) is 18.9. The maximum atomic E-state index is 5.16. The normalized spacial score (nSPS) is 11.5. The molecule has 0 N–H and O–H groups in total. The molecule has 0 bridgehead atoms. The average molecular weight is 663 g/mol. The molecule has 0 amide bonds. The highest BCUT2D eigenvalue weighted by atomic mass is 14.9. The third-order valence-corrected chi connectivity index (χ3v) is 10.0. The van der Waals surface area contributed by atoms with Gasteiger partial charge in [0.2, 0.25) is 0 Å². The molecular formula is C48H30N4. The molecule has 3 heterocycles. The van der Waals surface area contributed by atoms with E-state index in [1.54, 1.807) is 12.4 Å². The highest BCUT2D eigenvalue weighted by Gasteiger charge is 2.16. The van der Waals surface area contributed by atoms with Crippen LogP contribution >= 0.6 is 0 Å². The minimum atomic E-state index is 0.666. The van der Waals surface area contributed by atoms with Crippen LogP contribution in [0.25, 0.3) is 99.6 Å². The summed E-state index contributed by atoms with van der Waals surface area (Å²) in [5.74, 6) is 0.666. The molecule has 0 saturated heterocycles. The number of pyridine rings is 2. The van der Waals surface area contributed by atoms with Gasteiger partial charge in [0, 0.05) is 41.5 Å². The molecule has 10 rings (SSSR count). The quantitative estimate of drug-likeness (QED) is 0.166. The fourth-order valence-corrected chi connectivity index (χ4v) is 7.50. The van der Waals surface area contributed by atoms with Crippen LogP contribution in [0.3, 0.4) is 0 Å². The first-order chi connectivity index (χ1) is 25.8. The maximum absolute atomic E-state index is 5.16. The highest BCUT2D eigenvalue weighted by Crippen LogP contribution is 2.42. The van der Waals surface area contributed by atoms with Crippen molar-refractivity contribution in [2.45, 2.75) is 0 Å². The van der Waals surface area contributed by atoms with Gasteiger partial charge in [-0.1, -0.05) is 127 Å². The fourth-order valence-electron chi connectivity index (χ4n) is 7.50. The number of aromatic nitrogens is 4. The molecule has 3 aromatic heterocycles. The van der Waals surface area contributed by atoms with Crippen LogP contribution in [-0.4, -0.2) is 19.9 Å². The minimum absolute atomic E-state index is 0.666. The van der Waals surface area contributed by atoms with Gasteiger partial charge in [-0.25, -0.2) is 9.97 Å². The lowest BCUT2D eigenvalue weighted by Gasteiger charge is -2.17. The summed E-state index contributed by atoms with van der Waals surface area (Å²) in [6.07, 6.45) is 7.31. The van der Waals surface area contributed by atoms with Gasteiger partial charge in [-0.2, -0.15) is 0 Å². The van der Waals surface area contributed by atoms with Crippen LogP contribution in [0.1, 0.15) is 0 Å². The van der Waals surface area contributed by atoms with E-state index in [0.717, 1.165) is 44.8 Å². The number of rotatable bonds is 6. The van der Waals surface area contributed by atoms with Crippen LogP contribution < -0.4 is 0 Å². The van der Waals surface area contributed by atoms with Gasteiger partial charge in [-0.3, -0.25) is 9.97 Å².